The van der Waals surface area contributed by atoms with Crippen molar-refractivity contribution in [2.75, 3.05) is 0 Å². The number of furan rings is 1. The Labute approximate surface area is 99.4 Å². The van der Waals surface area contributed by atoms with Gasteiger partial charge in [0.15, 0.2) is 0 Å². The molecule has 0 saturated heterocycles. The molecule has 92 valence electrons. The topological polar surface area (TPSA) is 25.2 Å². The summed E-state index contributed by atoms with van der Waals surface area (Å²) in [6, 6.07) is 4.21. The van der Waals surface area contributed by atoms with Gasteiger partial charge in [-0.1, -0.05) is 20.8 Å². The largest absolute Gasteiger partial charge is 0.468 e. The van der Waals surface area contributed by atoms with Crippen LogP contribution in [0.15, 0.2) is 22.8 Å². The highest BCUT2D eigenvalue weighted by Gasteiger charge is 2.27. The Bertz CT molecular complexity index is 306. The molecule has 0 aromatic carbocycles. The van der Waals surface area contributed by atoms with Crippen molar-refractivity contribution in [1.82, 2.24) is 5.32 Å². The van der Waals surface area contributed by atoms with Crippen LogP contribution < -0.4 is 5.32 Å². The predicted molar refractivity (Wildman–Crippen MR) is 68.4 cm³/mol. The third kappa shape index (κ3) is 4.40. The first-order chi connectivity index (χ1) is 7.20. The van der Waals surface area contributed by atoms with Crippen LogP contribution in [-0.4, -0.2) is 5.54 Å². The summed E-state index contributed by atoms with van der Waals surface area (Å²) in [7, 11) is 0. The average molecular weight is 223 g/mol. The van der Waals surface area contributed by atoms with Crippen molar-refractivity contribution in [2.24, 2.45) is 5.41 Å². The van der Waals surface area contributed by atoms with Gasteiger partial charge >= 0.3 is 0 Å². The number of nitrogens with one attached hydrogen (secondary N) is 1. The fourth-order valence-corrected chi connectivity index (χ4v) is 2.57. The summed E-state index contributed by atoms with van der Waals surface area (Å²) in [5.74, 6) is 1.00. The van der Waals surface area contributed by atoms with Crippen molar-refractivity contribution >= 4 is 0 Å². The smallest absolute Gasteiger partial charge is 0.120 e. The van der Waals surface area contributed by atoms with Crippen LogP contribution in [0.2, 0.25) is 0 Å². The fourth-order valence-electron chi connectivity index (χ4n) is 2.57. The summed E-state index contributed by atoms with van der Waals surface area (Å²) < 4.78 is 5.41. The van der Waals surface area contributed by atoms with Crippen molar-refractivity contribution in [3.05, 3.63) is 24.2 Å². The molecule has 1 N–H and O–H groups in total. The summed E-state index contributed by atoms with van der Waals surface area (Å²) in [6.07, 6.45) is 2.86. The zero-order valence-corrected chi connectivity index (χ0v) is 11.4. The van der Waals surface area contributed by atoms with Gasteiger partial charge in [0, 0.05) is 5.54 Å². The molecule has 0 amide bonds. The van der Waals surface area contributed by atoms with Gasteiger partial charge in [0.25, 0.3) is 0 Å². The summed E-state index contributed by atoms with van der Waals surface area (Å²) in [5, 5.41) is 3.62. The molecule has 1 aromatic rings. The van der Waals surface area contributed by atoms with Gasteiger partial charge in [-0.2, -0.15) is 0 Å². The van der Waals surface area contributed by atoms with Crippen LogP contribution in [0.4, 0.5) is 0 Å². The Morgan fingerprint density at radius 2 is 1.88 bits per heavy atom. The minimum absolute atomic E-state index is 0.116. The van der Waals surface area contributed by atoms with E-state index < -0.39 is 0 Å². The molecule has 2 heteroatoms. The highest BCUT2D eigenvalue weighted by atomic mass is 16.3. The van der Waals surface area contributed by atoms with Crippen molar-refractivity contribution in [3.63, 3.8) is 0 Å². The molecule has 2 nitrogen and oxygen atoms in total. The molecular weight excluding hydrogens is 198 g/mol. The van der Waals surface area contributed by atoms with E-state index >= 15 is 0 Å². The predicted octanol–water partition coefficient (Wildman–Crippen LogP) is 4.15. The van der Waals surface area contributed by atoms with Gasteiger partial charge in [0.2, 0.25) is 0 Å². The first-order valence-corrected chi connectivity index (χ1v) is 6.01. The third-order valence-corrected chi connectivity index (χ3v) is 2.55. The van der Waals surface area contributed by atoms with Gasteiger partial charge in [0.05, 0.1) is 12.3 Å². The van der Waals surface area contributed by atoms with Crippen LogP contribution >= 0.6 is 0 Å². The Morgan fingerprint density at radius 1 is 1.25 bits per heavy atom. The summed E-state index contributed by atoms with van der Waals surface area (Å²) in [4.78, 5) is 0. The number of rotatable bonds is 4. The molecule has 0 aliphatic rings. The zero-order chi connectivity index (χ0) is 12.4. The van der Waals surface area contributed by atoms with Gasteiger partial charge in [-0.25, -0.2) is 0 Å². The highest BCUT2D eigenvalue weighted by molar-refractivity contribution is 5.04. The minimum atomic E-state index is 0.116. The number of hydrogen-bond donors (Lipinski definition) is 1. The van der Waals surface area contributed by atoms with Gasteiger partial charge < -0.3 is 9.73 Å². The number of hydrogen-bond acceptors (Lipinski definition) is 2. The third-order valence-electron chi connectivity index (χ3n) is 2.55. The molecule has 16 heavy (non-hydrogen) atoms. The summed E-state index contributed by atoms with van der Waals surface area (Å²) >= 11 is 0. The molecule has 1 rings (SSSR count). The van der Waals surface area contributed by atoms with Gasteiger partial charge in [-0.3, -0.25) is 0 Å². The molecule has 1 atom stereocenters. The monoisotopic (exact) mass is 223 g/mol. The Kier molecular flexibility index (Phi) is 3.84. The highest BCUT2D eigenvalue weighted by Crippen LogP contribution is 2.29. The molecular formula is C14H25NO. The lowest BCUT2D eigenvalue weighted by Crippen LogP contribution is -2.43. The molecule has 0 spiro atoms. The molecule has 0 fully saturated rings. The van der Waals surface area contributed by atoms with E-state index in [0.29, 0.717) is 5.41 Å². The Morgan fingerprint density at radius 3 is 2.31 bits per heavy atom. The van der Waals surface area contributed by atoms with Crippen molar-refractivity contribution in [2.45, 2.75) is 59.5 Å². The maximum atomic E-state index is 5.41. The van der Waals surface area contributed by atoms with Gasteiger partial charge in [-0.15, -0.1) is 0 Å². The SMILES string of the molecule is CC(NC(C)(C)CC(C)(C)C)c1ccco1. The zero-order valence-electron chi connectivity index (χ0n) is 11.4. The van der Waals surface area contributed by atoms with Crippen LogP contribution in [0.25, 0.3) is 0 Å². The van der Waals surface area contributed by atoms with Crippen LogP contribution in [-0.2, 0) is 0 Å². The van der Waals surface area contributed by atoms with Crippen molar-refractivity contribution < 1.29 is 4.42 Å². The molecule has 1 aromatic heterocycles. The first-order valence-electron chi connectivity index (χ1n) is 6.01. The van der Waals surface area contributed by atoms with Crippen LogP contribution in [0.1, 0.15) is 59.8 Å². The van der Waals surface area contributed by atoms with E-state index in [0.717, 1.165) is 12.2 Å². The Balaban J connectivity index is 2.59. The quantitative estimate of drug-likeness (QED) is 0.829. The van der Waals surface area contributed by atoms with Crippen LogP contribution in [0.3, 0.4) is 0 Å². The van der Waals surface area contributed by atoms with Crippen LogP contribution in [0, 0.1) is 5.41 Å². The minimum Gasteiger partial charge on any atom is -0.468 e. The Hall–Kier alpha value is -0.760. The molecule has 1 unspecified atom stereocenters. The normalized spacial score (nSPS) is 15.1. The second kappa shape index (κ2) is 4.62. The van der Waals surface area contributed by atoms with E-state index in [1.54, 1.807) is 6.26 Å². The van der Waals surface area contributed by atoms with Gasteiger partial charge in [-0.05, 0) is 44.7 Å². The van der Waals surface area contributed by atoms with E-state index in [9.17, 15) is 0 Å². The van der Waals surface area contributed by atoms with E-state index in [1.807, 2.05) is 12.1 Å². The summed E-state index contributed by atoms with van der Waals surface area (Å²) in [6.45, 7) is 13.5. The molecule has 0 aliphatic carbocycles. The average Bonchev–Trinajstić information content (AvgIpc) is 2.48. The van der Waals surface area contributed by atoms with Crippen molar-refractivity contribution in [1.29, 1.82) is 0 Å². The van der Waals surface area contributed by atoms with E-state index in [1.165, 1.54) is 0 Å². The lowest BCUT2D eigenvalue weighted by Gasteiger charge is -2.35. The van der Waals surface area contributed by atoms with E-state index in [4.69, 9.17) is 4.42 Å². The molecule has 0 aliphatic heterocycles. The van der Waals surface area contributed by atoms with Crippen LogP contribution in [0.5, 0.6) is 0 Å². The second-order valence-electron chi connectivity index (χ2n) is 6.50. The standard InChI is InChI=1S/C14H25NO/c1-11(12-8-7-9-16-12)15-14(5,6)10-13(2,3)4/h7-9,11,15H,10H2,1-6H3. The maximum Gasteiger partial charge on any atom is 0.120 e. The van der Waals surface area contributed by atoms with Crippen molar-refractivity contribution in [3.8, 4) is 0 Å². The molecule has 0 bridgehead atoms. The molecule has 1 heterocycles. The lowest BCUT2D eigenvalue weighted by molar-refractivity contribution is 0.218. The van der Waals surface area contributed by atoms with E-state index in [-0.39, 0.29) is 11.6 Å². The summed E-state index contributed by atoms with van der Waals surface area (Å²) in [5.41, 5.74) is 0.448. The van der Waals surface area contributed by atoms with Gasteiger partial charge in [0.1, 0.15) is 5.76 Å². The second-order valence-corrected chi connectivity index (χ2v) is 6.50. The fraction of sp³-hybridized carbons (Fsp3) is 0.714. The first kappa shape index (κ1) is 13.3. The lowest BCUT2D eigenvalue weighted by atomic mass is 9.81. The van der Waals surface area contributed by atoms with E-state index in [2.05, 4.69) is 46.9 Å². The molecule has 0 radical (unpaired) electrons. The molecule has 0 saturated carbocycles. The maximum absolute atomic E-state index is 5.41.